The van der Waals surface area contributed by atoms with Gasteiger partial charge >= 0.3 is 31.4 Å². The Morgan fingerprint density at radius 2 is 0.437 bits per heavy atom. The Kier molecular flexibility index (Phi) is 65.2. The molecule has 0 aromatic rings. The van der Waals surface area contributed by atoms with E-state index in [-0.39, 0.29) is 56.5 Å². The van der Waals surface area contributed by atoms with Gasteiger partial charge in [-0.25, -0.2) is 0 Å². The maximum Gasteiger partial charge on any atom is 2.00 e. The molecule has 0 aliphatic heterocycles. The summed E-state index contributed by atoms with van der Waals surface area (Å²) in [5.41, 5.74) is 0. The van der Waals surface area contributed by atoms with Crippen LogP contribution in [0, 0.1) is 0 Å². The molecule has 0 heterocycles. The molecule has 0 rings (SSSR count). The molecule has 0 saturated carbocycles. The van der Waals surface area contributed by atoms with Gasteiger partial charge in [0, 0.05) is 24.8 Å². The largest absolute Gasteiger partial charge is 2.00 e. The van der Waals surface area contributed by atoms with Gasteiger partial charge in [0.25, 0.3) is 0 Å². The number of unbranched alkanes of at least 4 members (excludes halogenated alkanes) is 38. The Hall–Kier alpha value is -1.50. The first kappa shape index (κ1) is 73.7. The van der Waals surface area contributed by atoms with Crippen molar-refractivity contribution in [2.45, 2.75) is 374 Å². The van der Waals surface area contributed by atoms with Crippen LogP contribution >= 0.6 is 0 Å². The van der Waals surface area contributed by atoms with Crippen molar-refractivity contribution in [1.82, 2.24) is 0 Å². The number of esters is 2. The summed E-state index contributed by atoms with van der Waals surface area (Å²) in [6.45, 7) is 9.02. The zero-order chi connectivity index (χ0) is 51.6. The molecule has 0 aromatic carbocycles. The predicted molar refractivity (Wildman–Crippen MR) is 293 cm³/mol. The summed E-state index contributed by atoms with van der Waals surface area (Å²) in [5, 5.41) is 21.1. The van der Waals surface area contributed by atoms with Crippen LogP contribution in [0.15, 0.2) is 0 Å². The van der Waals surface area contributed by atoms with E-state index >= 15 is 0 Å². The Labute approximate surface area is 453 Å². The van der Waals surface area contributed by atoms with Gasteiger partial charge in [-0.05, 0) is 89.9 Å². The summed E-state index contributed by atoms with van der Waals surface area (Å²) >= 11 is 0. The van der Waals surface area contributed by atoms with Crippen LogP contribution in [0.4, 0.5) is 0 Å². The third-order valence-electron chi connectivity index (χ3n) is 14.1. The first-order chi connectivity index (χ1) is 34.2. The number of rotatable bonds is 56. The number of aliphatic carboxylic acids is 2. The number of hydrogen-bond acceptors (Lipinski definition) is 8. The molecule has 0 aliphatic rings. The Morgan fingerprint density at radius 3 is 0.634 bits per heavy atom. The maximum atomic E-state index is 12.4. The standard InChI is InChI=1S/2C31H60O4.Zn/c2*1-3-5-7-9-11-13-14-16-18-24-28-31(34)35-29(26-22-19-20-23-27-30(32)33)25-21-17-15-12-10-8-6-4-2;/h2*29H,3-28H2,1-2H3,(H,32,33);/q;;+2/p-2. The summed E-state index contributed by atoms with van der Waals surface area (Å²) in [7, 11) is 0. The molecule has 0 amide bonds. The minimum absolute atomic E-state index is 0. The molecule has 0 radical (unpaired) electrons. The van der Waals surface area contributed by atoms with Crippen molar-refractivity contribution < 1.29 is 58.3 Å². The van der Waals surface area contributed by atoms with Crippen LogP contribution < -0.4 is 10.2 Å². The maximum absolute atomic E-state index is 12.4. The molecule has 0 spiro atoms. The quantitative estimate of drug-likeness (QED) is 0.0334. The van der Waals surface area contributed by atoms with E-state index < -0.39 is 11.9 Å². The van der Waals surface area contributed by atoms with Crippen LogP contribution in [0.3, 0.4) is 0 Å². The average molecular weight is 1060 g/mol. The van der Waals surface area contributed by atoms with Gasteiger partial charge in [0.05, 0.1) is 0 Å². The molecular formula is C62H118O8Zn. The minimum atomic E-state index is -0.960. The molecule has 71 heavy (non-hydrogen) atoms. The van der Waals surface area contributed by atoms with E-state index in [1.54, 1.807) is 0 Å². The van der Waals surface area contributed by atoms with Gasteiger partial charge in [0.1, 0.15) is 12.2 Å². The number of carbonyl (C=O) groups excluding carboxylic acids is 4. The molecule has 0 bridgehead atoms. The summed E-state index contributed by atoms with van der Waals surface area (Å²) in [6.07, 6.45) is 58.4. The Bertz CT molecular complexity index is 1020. The molecule has 9 heteroatoms. The molecule has 0 aromatic heterocycles. The summed E-state index contributed by atoms with van der Waals surface area (Å²) < 4.78 is 11.8. The van der Waals surface area contributed by atoms with E-state index in [1.165, 1.54) is 193 Å². The molecule has 0 N–H and O–H groups in total. The van der Waals surface area contributed by atoms with Crippen molar-refractivity contribution in [3.8, 4) is 0 Å². The summed E-state index contributed by atoms with van der Waals surface area (Å²) in [6, 6.07) is 0. The predicted octanol–water partition coefficient (Wildman–Crippen LogP) is 17.7. The second-order valence-electron chi connectivity index (χ2n) is 21.3. The number of carboxylic acid groups (broad SMARTS) is 2. The van der Waals surface area contributed by atoms with Crippen molar-refractivity contribution in [2.24, 2.45) is 0 Å². The van der Waals surface area contributed by atoms with Gasteiger partial charge in [0.15, 0.2) is 0 Å². The molecular weight excluding hydrogens is 938 g/mol. The number of ether oxygens (including phenoxy) is 2. The molecule has 8 nitrogen and oxygen atoms in total. The SMILES string of the molecule is CCCCCCCCCCCCC(=O)OC(CCCCCCCCCC)CCCCCCC(=O)[O-].CCCCCCCCCCCCC(=O)OC(CCCCCCCCCC)CCCCCCC(=O)[O-].[Zn+2]. The van der Waals surface area contributed by atoms with E-state index in [2.05, 4.69) is 27.7 Å². The summed E-state index contributed by atoms with van der Waals surface area (Å²) in [4.78, 5) is 46.0. The van der Waals surface area contributed by atoms with E-state index in [9.17, 15) is 29.4 Å². The van der Waals surface area contributed by atoms with Crippen molar-refractivity contribution >= 4 is 23.9 Å². The van der Waals surface area contributed by atoms with E-state index in [4.69, 9.17) is 9.47 Å². The van der Waals surface area contributed by atoms with Gasteiger partial charge in [-0.3, -0.25) is 9.59 Å². The second-order valence-corrected chi connectivity index (χ2v) is 21.3. The van der Waals surface area contributed by atoms with Gasteiger partial charge in [-0.1, -0.05) is 259 Å². The first-order valence-electron chi connectivity index (χ1n) is 31.0. The Morgan fingerprint density at radius 1 is 0.268 bits per heavy atom. The zero-order valence-corrected chi connectivity index (χ0v) is 50.9. The molecule has 0 aliphatic carbocycles. The van der Waals surface area contributed by atoms with Crippen LogP contribution in [0.1, 0.15) is 362 Å². The smallest absolute Gasteiger partial charge is 0.550 e. The van der Waals surface area contributed by atoms with Crippen molar-refractivity contribution in [2.75, 3.05) is 0 Å². The third-order valence-corrected chi connectivity index (χ3v) is 14.1. The number of carboxylic acids is 2. The van der Waals surface area contributed by atoms with Gasteiger partial charge in [0.2, 0.25) is 0 Å². The van der Waals surface area contributed by atoms with Crippen molar-refractivity contribution in [3.05, 3.63) is 0 Å². The number of carbonyl (C=O) groups is 4. The van der Waals surface area contributed by atoms with Crippen molar-refractivity contribution in [1.29, 1.82) is 0 Å². The van der Waals surface area contributed by atoms with Crippen LogP contribution in [-0.4, -0.2) is 36.1 Å². The van der Waals surface area contributed by atoms with E-state index in [0.717, 1.165) is 103 Å². The fourth-order valence-electron chi connectivity index (χ4n) is 9.53. The minimum Gasteiger partial charge on any atom is -0.550 e. The molecule has 2 atom stereocenters. The fraction of sp³-hybridized carbons (Fsp3) is 0.935. The first-order valence-corrected chi connectivity index (χ1v) is 31.0. The fourth-order valence-corrected chi connectivity index (χ4v) is 9.53. The van der Waals surface area contributed by atoms with Crippen LogP contribution in [0.5, 0.6) is 0 Å². The summed E-state index contributed by atoms with van der Waals surface area (Å²) in [5.74, 6) is -1.96. The van der Waals surface area contributed by atoms with Gasteiger partial charge in [-0.15, -0.1) is 0 Å². The average Bonchev–Trinajstić information content (AvgIpc) is 3.33. The second kappa shape index (κ2) is 62.8. The monoisotopic (exact) mass is 1050 g/mol. The third kappa shape index (κ3) is 64.6. The molecule has 2 unspecified atom stereocenters. The van der Waals surface area contributed by atoms with E-state index in [1.807, 2.05) is 0 Å². The molecule has 0 saturated heterocycles. The Balaban J connectivity index is -0.00000128. The number of hydrogen-bond donors (Lipinski definition) is 0. The van der Waals surface area contributed by atoms with E-state index in [0.29, 0.717) is 25.7 Å². The van der Waals surface area contributed by atoms with Gasteiger partial charge < -0.3 is 29.3 Å². The van der Waals surface area contributed by atoms with Crippen molar-refractivity contribution in [3.63, 3.8) is 0 Å². The topological polar surface area (TPSA) is 133 Å². The normalized spacial score (nSPS) is 11.9. The van der Waals surface area contributed by atoms with Gasteiger partial charge in [-0.2, -0.15) is 0 Å². The molecule has 416 valence electrons. The van der Waals surface area contributed by atoms with Crippen LogP contribution in [-0.2, 0) is 48.1 Å². The molecule has 0 fully saturated rings. The zero-order valence-electron chi connectivity index (χ0n) is 47.9. The van der Waals surface area contributed by atoms with Crippen LogP contribution in [0.2, 0.25) is 0 Å². The van der Waals surface area contributed by atoms with Crippen LogP contribution in [0.25, 0.3) is 0 Å².